The van der Waals surface area contributed by atoms with Crippen molar-refractivity contribution in [3.8, 4) is 0 Å². The molecule has 0 aromatic heterocycles. The molecular weight excluding hydrogens is 235 g/mol. The second kappa shape index (κ2) is 6.00. The van der Waals surface area contributed by atoms with Gasteiger partial charge in [-0.3, -0.25) is 0 Å². The van der Waals surface area contributed by atoms with Crippen LogP contribution in [0.1, 0.15) is 12.8 Å². The van der Waals surface area contributed by atoms with Crippen molar-refractivity contribution in [1.29, 1.82) is 0 Å². The molecule has 0 aliphatic heterocycles. The van der Waals surface area contributed by atoms with Crippen LogP contribution in [0.2, 0.25) is 11.4 Å². The maximum absolute atomic E-state index is 10.7. The van der Waals surface area contributed by atoms with Gasteiger partial charge in [0.1, 0.15) is 0 Å². The summed E-state index contributed by atoms with van der Waals surface area (Å²) < 4.78 is 2.97. The molecule has 0 heterocycles. The van der Waals surface area contributed by atoms with Crippen LogP contribution in [-0.2, 0) is 9.59 Å². The molecule has 1 unspecified atom stereocenters. The van der Waals surface area contributed by atoms with Gasteiger partial charge in [0.2, 0.25) is 0 Å². The number of hydrogen-bond acceptors (Lipinski definition) is 3. The van der Waals surface area contributed by atoms with Crippen LogP contribution in [0.4, 0.5) is 0 Å². The molecule has 0 fully saturated rings. The van der Waals surface area contributed by atoms with Gasteiger partial charge >= 0.3 is 81.7 Å². The van der Waals surface area contributed by atoms with Crippen molar-refractivity contribution in [2.24, 2.45) is 5.73 Å². The second-order valence-corrected chi connectivity index (χ2v) is 7.21. The summed E-state index contributed by atoms with van der Waals surface area (Å²) in [5, 5.41) is 8.74. The Morgan fingerprint density at radius 2 is 2.08 bits per heavy atom. The summed E-state index contributed by atoms with van der Waals surface area (Å²) in [6.07, 6.45) is 0.393. The topological polar surface area (TPSA) is 92.4 Å². The van der Waals surface area contributed by atoms with E-state index in [9.17, 15) is 9.59 Å². The molecule has 0 aromatic rings. The van der Waals surface area contributed by atoms with E-state index in [-0.39, 0.29) is 12.8 Å². The van der Waals surface area contributed by atoms with E-state index in [1.54, 1.807) is 0 Å². The van der Waals surface area contributed by atoms with E-state index >= 15 is 0 Å². The normalized spacial score (nSPS) is 12.8. The Hall–Kier alpha value is -0.542. The zero-order valence-corrected chi connectivity index (χ0v) is 9.66. The van der Waals surface area contributed by atoms with Gasteiger partial charge in [-0.1, -0.05) is 0 Å². The van der Waals surface area contributed by atoms with Crippen molar-refractivity contribution in [3.63, 3.8) is 0 Å². The molecule has 1 atom stereocenters. The van der Waals surface area contributed by atoms with Crippen molar-refractivity contribution in [1.82, 2.24) is 4.23 Å². The fraction of sp³-hybridized carbons (Fsp3) is 0.714. The number of hydrogen-bond donors (Lipinski definition) is 3. The van der Waals surface area contributed by atoms with Crippen LogP contribution in [0.5, 0.6) is 0 Å². The van der Waals surface area contributed by atoms with E-state index in [4.69, 9.17) is 10.8 Å². The Balaban J connectivity index is 3.95. The quantitative estimate of drug-likeness (QED) is 0.556. The van der Waals surface area contributed by atoms with Crippen LogP contribution >= 0.6 is 0 Å². The van der Waals surface area contributed by atoms with Gasteiger partial charge in [-0.05, 0) is 0 Å². The van der Waals surface area contributed by atoms with Gasteiger partial charge in [-0.2, -0.15) is 0 Å². The van der Waals surface area contributed by atoms with E-state index in [0.29, 0.717) is 0 Å². The molecule has 0 aliphatic rings. The summed E-state index contributed by atoms with van der Waals surface area (Å²) in [6, 6.07) is -0.623. The Kier molecular flexibility index (Phi) is 5.75. The summed E-state index contributed by atoms with van der Waals surface area (Å²) in [7, 11) is 0. The first-order chi connectivity index (χ1) is 5.93. The number of carboxylic acid groups (broad SMARTS) is 1. The Bertz CT molecular complexity index is 196. The van der Waals surface area contributed by atoms with E-state index in [1.165, 1.54) is 0 Å². The van der Waals surface area contributed by atoms with Gasteiger partial charge in [0, 0.05) is 0 Å². The third-order valence-electron chi connectivity index (χ3n) is 1.39. The first-order valence-corrected chi connectivity index (χ1v) is 8.57. The van der Waals surface area contributed by atoms with Crippen LogP contribution in [0.3, 0.4) is 0 Å². The fourth-order valence-electron chi connectivity index (χ4n) is 0.842. The van der Waals surface area contributed by atoms with E-state index < -0.39 is 32.8 Å². The van der Waals surface area contributed by atoms with Gasteiger partial charge in [-0.15, -0.1) is 0 Å². The minimum absolute atomic E-state index is 0.117. The van der Waals surface area contributed by atoms with Crippen molar-refractivity contribution in [3.05, 3.63) is 0 Å². The maximum atomic E-state index is 10.7. The third kappa shape index (κ3) is 6.60. The summed E-state index contributed by atoms with van der Waals surface area (Å²) in [6.45, 7) is 0. The summed E-state index contributed by atoms with van der Waals surface area (Å²) >= 11 is -1.19. The standard InChI is InChI=1S/C7H15AsN2O3/c1-8(2)10-5(7(12)13)3-4-6(9)11/h5,10H,3-4H2,1-2H3,(H2,9,11)(H,12,13). The van der Waals surface area contributed by atoms with Crippen LogP contribution < -0.4 is 9.97 Å². The average Bonchev–Trinajstić information content (AvgIpc) is 1.96. The van der Waals surface area contributed by atoms with Crippen molar-refractivity contribution >= 4 is 26.8 Å². The first-order valence-electron chi connectivity index (χ1n) is 3.88. The first kappa shape index (κ1) is 12.5. The van der Waals surface area contributed by atoms with Gasteiger partial charge in [0.25, 0.3) is 0 Å². The van der Waals surface area contributed by atoms with Crippen LogP contribution in [-0.4, -0.2) is 37.9 Å². The molecule has 5 nitrogen and oxygen atoms in total. The van der Waals surface area contributed by atoms with Crippen molar-refractivity contribution < 1.29 is 14.7 Å². The molecule has 4 N–H and O–H groups in total. The van der Waals surface area contributed by atoms with Gasteiger partial charge < -0.3 is 0 Å². The fourth-order valence-corrected chi connectivity index (χ4v) is 2.65. The van der Waals surface area contributed by atoms with Gasteiger partial charge in [0.05, 0.1) is 0 Å². The zero-order chi connectivity index (χ0) is 10.4. The summed E-state index contributed by atoms with van der Waals surface area (Å²) in [4.78, 5) is 21.1. The molecule has 1 amide bonds. The number of nitrogens with two attached hydrogens (primary N) is 1. The van der Waals surface area contributed by atoms with Gasteiger partial charge in [0.15, 0.2) is 0 Å². The number of aliphatic carboxylic acids is 1. The van der Waals surface area contributed by atoms with Crippen molar-refractivity contribution in [2.75, 3.05) is 0 Å². The molecule has 0 saturated heterocycles. The summed E-state index contributed by atoms with van der Waals surface area (Å²) in [5.41, 5.74) is 8.91. The number of amides is 1. The number of rotatable bonds is 6. The van der Waals surface area contributed by atoms with Crippen LogP contribution in [0.15, 0.2) is 0 Å². The zero-order valence-electron chi connectivity index (χ0n) is 7.78. The Labute approximate surface area is 82.2 Å². The summed E-state index contributed by atoms with van der Waals surface area (Å²) in [5.74, 6) is -1.37. The number of carbonyl (C=O) groups excluding carboxylic acids is 1. The monoisotopic (exact) mass is 250 g/mol. The minimum atomic E-state index is -1.19. The molecule has 0 rings (SSSR count). The molecule has 0 aliphatic carbocycles. The van der Waals surface area contributed by atoms with Crippen molar-refractivity contribution in [2.45, 2.75) is 30.3 Å². The number of nitrogens with one attached hydrogen (secondary N) is 1. The van der Waals surface area contributed by atoms with E-state index in [0.717, 1.165) is 0 Å². The van der Waals surface area contributed by atoms with Crippen LogP contribution in [0.25, 0.3) is 0 Å². The molecule has 76 valence electrons. The predicted molar refractivity (Wildman–Crippen MR) is 50.5 cm³/mol. The second-order valence-electron chi connectivity index (χ2n) is 2.92. The Morgan fingerprint density at radius 1 is 1.54 bits per heavy atom. The molecular formula is C7H15AsN2O3. The molecule has 0 spiro atoms. The number of primary amides is 1. The average molecular weight is 250 g/mol. The van der Waals surface area contributed by atoms with E-state index in [2.05, 4.69) is 4.23 Å². The van der Waals surface area contributed by atoms with E-state index in [1.807, 2.05) is 11.4 Å². The molecule has 0 aromatic carbocycles. The molecule has 6 heteroatoms. The molecule has 13 heavy (non-hydrogen) atoms. The molecule has 0 saturated carbocycles. The third-order valence-corrected chi connectivity index (χ3v) is 3.13. The molecule has 0 bridgehead atoms. The predicted octanol–water partition coefficient (Wildman–Crippen LogP) is -0.454. The number of carboxylic acids is 1. The van der Waals surface area contributed by atoms with Crippen LogP contribution in [0, 0.1) is 0 Å². The molecule has 0 radical (unpaired) electrons. The van der Waals surface area contributed by atoms with Gasteiger partial charge in [-0.25, -0.2) is 0 Å². The SMILES string of the molecule is C[As](C)NC(CCC(N)=O)C(=O)O. The Morgan fingerprint density at radius 3 is 2.38 bits per heavy atom. The number of carbonyl (C=O) groups is 2.